The summed E-state index contributed by atoms with van der Waals surface area (Å²) in [5, 5.41) is 3.41. The summed E-state index contributed by atoms with van der Waals surface area (Å²) in [6.45, 7) is 10.3. The molecule has 1 N–H and O–H groups in total. The molecule has 1 aromatic rings. The predicted octanol–water partition coefficient (Wildman–Crippen LogP) is 3.90. The Bertz CT molecular complexity index is 391. The van der Waals surface area contributed by atoms with E-state index in [1.54, 1.807) is 7.11 Å². The van der Waals surface area contributed by atoms with Crippen LogP contribution in [0.25, 0.3) is 0 Å². The smallest absolute Gasteiger partial charge is 0.119 e. The minimum absolute atomic E-state index is 0.572. The molecule has 0 saturated carbocycles. The highest BCUT2D eigenvalue weighted by molar-refractivity contribution is 5.36. The number of benzene rings is 1. The molecule has 0 aliphatic heterocycles. The van der Waals surface area contributed by atoms with Gasteiger partial charge >= 0.3 is 0 Å². The Morgan fingerprint density at radius 3 is 2.48 bits per heavy atom. The van der Waals surface area contributed by atoms with Crippen LogP contribution >= 0.6 is 0 Å². The summed E-state index contributed by atoms with van der Waals surface area (Å²) >= 11 is 0. The fourth-order valence-corrected chi connectivity index (χ4v) is 2.39. The van der Waals surface area contributed by atoms with Crippen molar-refractivity contribution in [3.8, 4) is 5.75 Å². The lowest BCUT2D eigenvalue weighted by Gasteiger charge is -2.12. The van der Waals surface area contributed by atoms with Crippen LogP contribution in [0.3, 0.4) is 0 Å². The van der Waals surface area contributed by atoms with Gasteiger partial charge in [-0.3, -0.25) is 0 Å². The molecule has 120 valence electrons. The van der Waals surface area contributed by atoms with Gasteiger partial charge in [-0.15, -0.1) is 0 Å². The summed E-state index contributed by atoms with van der Waals surface area (Å²) in [6, 6.07) is 6.43. The van der Waals surface area contributed by atoms with Gasteiger partial charge in [0.2, 0.25) is 0 Å². The number of methoxy groups -OCH3 is 1. The van der Waals surface area contributed by atoms with Gasteiger partial charge in [0.25, 0.3) is 0 Å². The fourth-order valence-electron chi connectivity index (χ4n) is 2.39. The average Bonchev–Trinajstić information content (AvgIpc) is 2.45. The molecular formula is C18H31NO2. The highest BCUT2D eigenvalue weighted by Gasteiger charge is 2.04. The number of unbranched alkanes of at least 4 members (excludes halogenated alkanes) is 1. The van der Waals surface area contributed by atoms with Gasteiger partial charge in [-0.1, -0.05) is 19.9 Å². The van der Waals surface area contributed by atoms with Crippen LogP contribution in [0.4, 0.5) is 0 Å². The van der Waals surface area contributed by atoms with E-state index in [2.05, 4.69) is 44.3 Å². The quantitative estimate of drug-likeness (QED) is 0.628. The van der Waals surface area contributed by atoms with Crippen LogP contribution in [0.15, 0.2) is 18.2 Å². The molecule has 0 saturated heterocycles. The van der Waals surface area contributed by atoms with Gasteiger partial charge in [-0.25, -0.2) is 0 Å². The third-order valence-corrected chi connectivity index (χ3v) is 3.58. The maximum atomic E-state index is 5.82. The Kier molecular flexibility index (Phi) is 9.11. The zero-order chi connectivity index (χ0) is 15.5. The summed E-state index contributed by atoms with van der Waals surface area (Å²) < 4.78 is 10.8. The van der Waals surface area contributed by atoms with Gasteiger partial charge in [0.15, 0.2) is 0 Å². The molecule has 3 heteroatoms. The lowest BCUT2D eigenvalue weighted by molar-refractivity contribution is 0.194. The summed E-state index contributed by atoms with van der Waals surface area (Å²) in [6.07, 6.45) is 3.31. The van der Waals surface area contributed by atoms with Crippen LogP contribution in [0.1, 0.15) is 50.2 Å². The molecule has 1 rings (SSSR count). The maximum absolute atomic E-state index is 5.82. The summed E-state index contributed by atoms with van der Waals surface area (Å²) in [4.78, 5) is 0. The van der Waals surface area contributed by atoms with Gasteiger partial charge in [0.05, 0.1) is 6.61 Å². The molecule has 0 spiro atoms. The summed E-state index contributed by atoms with van der Waals surface area (Å²) in [5.74, 6) is 1.56. The number of rotatable bonds is 11. The number of ether oxygens (including phenoxy) is 2. The normalized spacial score (nSPS) is 11.1. The van der Waals surface area contributed by atoms with Crippen LogP contribution < -0.4 is 10.1 Å². The molecule has 3 nitrogen and oxygen atoms in total. The van der Waals surface area contributed by atoms with Crippen LogP contribution in [0, 0.1) is 6.92 Å². The third-order valence-electron chi connectivity index (χ3n) is 3.58. The van der Waals surface area contributed by atoms with E-state index < -0.39 is 0 Å². The van der Waals surface area contributed by atoms with Crippen molar-refractivity contribution in [3.05, 3.63) is 29.3 Å². The van der Waals surface area contributed by atoms with Gasteiger partial charge < -0.3 is 14.8 Å². The van der Waals surface area contributed by atoms with E-state index >= 15 is 0 Å². The summed E-state index contributed by atoms with van der Waals surface area (Å²) in [5.41, 5.74) is 2.73. The number of aryl methyl sites for hydroxylation is 1. The number of nitrogens with one attached hydrogen (secondary N) is 1. The van der Waals surface area contributed by atoms with Crippen LogP contribution in [-0.2, 0) is 4.74 Å². The third kappa shape index (κ3) is 7.49. The molecule has 0 unspecified atom stereocenters. The Morgan fingerprint density at radius 1 is 1.05 bits per heavy atom. The van der Waals surface area contributed by atoms with Crippen molar-refractivity contribution in [2.45, 2.75) is 46.0 Å². The van der Waals surface area contributed by atoms with Gasteiger partial charge in [0, 0.05) is 13.7 Å². The molecular weight excluding hydrogens is 262 g/mol. The van der Waals surface area contributed by atoms with E-state index in [0.717, 1.165) is 51.3 Å². The second-order valence-electron chi connectivity index (χ2n) is 5.83. The fraction of sp³-hybridized carbons (Fsp3) is 0.667. The topological polar surface area (TPSA) is 30.5 Å². The minimum atomic E-state index is 0.572. The van der Waals surface area contributed by atoms with Crippen LogP contribution in [-0.4, -0.2) is 33.4 Å². The van der Waals surface area contributed by atoms with Crippen LogP contribution in [0.2, 0.25) is 0 Å². The second-order valence-corrected chi connectivity index (χ2v) is 5.83. The van der Waals surface area contributed by atoms with Gasteiger partial charge in [0.1, 0.15) is 5.75 Å². The number of hydrogen-bond donors (Lipinski definition) is 1. The van der Waals surface area contributed by atoms with E-state index in [4.69, 9.17) is 9.47 Å². The van der Waals surface area contributed by atoms with E-state index in [1.165, 1.54) is 11.1 Å². The molecule has 1 aromatic carbocycles. The standard InChI is InChI=1S/C18H31NO2/c1-15(2)18-9-8-17(14-16(18)3)21-13-6-5-10-19-11-7-12-20-4/h8-9,14-15,19H,5-7,10-13H2,1-4H3. The molecule has 0 fully saturated rings. The van der Waals surface area contributed by atoms with E-state index in [0.29, 0.717) is 5.92 Å². The van der Waals surface area contributed by atoms with E-state index in [-0.39, 0.29) is 0 Å². The molecule has 0 heterocycles. The Balaban J connectivity index is 2.11. The predicted molar refractivity (Wildman–Crippen MR) is 89.4 cm³/mol. The van der Waals surface area contributed by atoms with Crippen molar-refractivity contribution in [2.75, 3.05) is 33.4 Å². The van der Waals surface area contributed by atoms with Gasteiger partial charge in [-0.2, -0.15) is 0 Å². The zero-order valence-corrected chi connectivity index (χ0v) is 14.1. The second kappa shape index (κ2) is 10.6. The van der Waals surface area contributed by atoms with Crippen molar-refractivity contribution < 1.29 is 9.47 Å². The van der Waals surface area contributed by atoms with Crippen molar-refractivity contribution in [3.63, 3.8) is 0 Å². The van der Waals surface area contributed by atoms with Crippen LogP contribution in [0.5, 0.6) is 5.75 Å². The van der Waals surface area contributed by atoms with E-state index in [9.17, 15) is 0 Å². The first kappa shape index (κ1) is 18.0. The molecule has 0 aliphatic carbocycles. The van der Waals surface area contributed by atoms with Crippen molar-refractivity contribution in [2.24, 2.45) is 0 Å². The Morgan fingerprint density at radius 2 is 1.81 bits per heavy atom. The minimum Gasteiger partial charge on any atom is -0.494 e. The first-order valence-electron chi connectivity index (χ1n) is 8.08. The van der Waals surface area contributed by atoms with Crippen molar-refractivity contribution in [1.82, 2.24) is 5.32 Å². The molecule has 0 atom stereocenters. The molecule has 0 amide bonds. The highest BCUT2D eigenvalue weighted by Crippen LogP contribution is 2.23. The van der Waals surface area contributed by atoms with Crippen molar-refractivity contribution >= 4 is 0 Å². The summed E-state index contributed by atoms with van der Waals surface area (Å²) in [7, 11) is 1.74. The first-order chi connectivity index (χ1) is 10.1. The lowest BCUT2D eigenvalue weighted by atomic mass is 9.98. The monoisotopic (exact) mass is 293 g/mol. The average molecular weight is 293 g/mol. The SMILES string of the molecule is COCCCNCCCCOc1ccc(C(C)C)c(C)c1. The molecule has 21 heavy (non-hydrogen) atoms. The molecule has 0 aromatic heterocycles. The maximum Gasteiger partial charge on any atom is 0.119 e. The lowest BCUT2D eigenvalue weighted by Crippen LogP contribution is -2.18. The Hall–Kier alpha value is -1.06. The zero-order valence-electron chi connectivity index (χ0n) is 14.1. The van der Waals surface area contributed by atoms with Crippen molar-refractivity contribution in [1.29, 1.82) is 0 Å². The molecule has 0 aliphatic rings. The van der Waals surface area contributed by atoms with E-state index in [1.807, 2.05) is 0 Å². The largest absolute Gasteiger partial charge is 0.494 e. The first-order valence-corrected chi connectivity index (χ1v) is 8.08. The Labute approximate surface area is 130 Å². The number of hydrogen-bond acceptors (Lipinski definition) is 3. The highest BCUT2D eigenvalue weighted by atomic mass is 16.5. The molecule has 0 bridgehead atoms. The molecule has 0 radical (unpaired) electrons. The van der Waals surface area contributed by atoms with Gasteiger partial charge in [-0.05, 0) is 68.5 Å².